The van der Waals surface area contributed by atoms with E-state index in [1.54, 1.807) is 69.2 Å². The molecule has 2 rings (SSSR count). The summed E-state index contributed by atoms with van der Waals surface area (Å²) in [6.45, 7) is 17.1. The average molecular weight is 455 g/mol. The second-order valence-electron chi connectivity index (χ2n) is 12.0. The predicted molar refractivity (Wildman–Crippen MR) is 115 cm³/mol. The second-order valence-corrected chi connectivity index (χ2v) is 12.0. The van der Waals surface area contributed by atoms with Gasteiger partial charge in [-0.1, -0.05) is 27.7 Å². The summed E-state index contributed by atoms with van der Waals surface area (Å²) in [5.41, 5.74) is -7.11. The molecule has 4 atom stereocenters. The minimum atomic E-state index is -1.68. The largest absolute Gasteiger partial charge is 0.469 e. The number of ether oxygens (including phenoxy) is 4. The molecule has 0 amide bonds. The van der Waals surface area contributed by atoms with Crippen LogP contribution in [0.25, 0.3) is 0 Å². The summed E-state index contributed by atoms with van der Waals surface area (Å²) in [7, 11) is 2.43. The van der Waals surface area contributed by atoms with Crippen LogP contribution in [-0.2, 0) is 38.1 Å². The van der Waals surface area contributed by atoms with Crippen molar-refractivity contribution in [2.24, 2.45) is 33.5 Å². The monoisotopic (exact) mass is 454 g/mol. The highest BCUT2D eigenvalue weighted by Gasteiger charge is 3.00. The molecule has 8 heteroatoms. The minimum Gasteiger partial charge on any atom is -0.469 e. The number of hydrogen-bond acceptors (Lipinski definition) is 8. The van der Waals surface area contributed by atoms with E-state index in [2.05, 4.69) is 0 Å². The van der Waals surface area contributed by atoms with Crippen LogP contribution in [0.4, 0.5) is 0 Å². The standard InChI is InChI=1S/C24H38O8/c1-19(2,3)31-16(26)14-22(9,10)24(14,18(28)32-20(4,5)6)23(17(27)30-12)13(15(25)29-11)21(23,7)8/h13-14H,1-12H3/t13-,14-,23-,24-/m1/s1. The number of esters is 4. The van der Waals surface area contributed by atoms with Crippen LogP contribution in [0.5, 0.6) is 0 Å². The molecule has 8 nitrogen and oxygen atoms in total. The molecule has 0 N–H and O–H groups in total. The van der Waals surface area contributed by atoms with E-state index in [0.717, 1.165) is 0 Å². The smallest absolute Gasteiger partial charge is 0.315 e. The summed E-state index contributed by atoms with van der Waals surface area (Å²) >= 11 is 0. The zero-order valence-electron chi connectivity index (χ0n) is 21.4. The van der Waals surface area contributed by atoms with Crippen LogP contribution < -0.4 is 0 Å². The van der Waals surface area contributed by atoms with Crippen LogP contribution in [0.3, 0.4) is 0 Å². The Morgan fingerprint density at radius 3 is 1.31 bits per heavy atom. The molecule has 2 aliphatic rings. The Kier molecular flexibility index (Phi) is 5.87. The van der Waals surface area contributed by atoms with Crippen molar-refractivity contribution in [3.63, 3.8) is 0 Å². The van der Waals surface area contributed by atoms with Crippen molar-refractivity contribution >= 4 is 23.9 Å². The molecule has 182 valence electrons. The summed E-state index contributed by atoms with van der Waals surface area (Å²) in [6.07, 6.45) is 0. The summed E-state index contributed by atoms with van der Waals surface area (Å²) in [5.74, 6) is -4.75. The molecule has 2 saturated carbocycles. The van der Waals surface area contributed by atoms with E-state index in [-0.39, 0.29) is 0 Å². The summed E-state index contributed by atoms with van der Waals surface area (Å²) < 4.78 is 21.6. The maximum Gasteiger partial charge on any atom is 0.315 e. The Hall–Kier alpha value is -2.12. The van der Waals surface area contributed by atoms with Crippen molar-refractivity contribution in [3.05, 3.63) is 0 Å². The average Bonchev–Trinajstić information content (AvgIpc) is 3.33. The van der Waals surface area contributed by atoms with Gasteiger partial charge in [0, 0.05) is 0 Å². The minimum absolute atomic E-state index is 0.622. The van der Waals surface area contributed by atoms with E-state index in [4.69, 9.17) is 18.9 Å². The Bertz CT molecular complexity index is 841. The highest BCUT2D eigenvalue weighted by Crippen LogP contribution is 2.90. The molecule has 0 aromatic rings. The third-order valence-corrected chi connectivity index (χ3v) is 7.11. The first-order valence-corrected chi connectivity index (χ1v) is 10.8. The first-order valence-electron chi connectivity index (χ1n) is 10.8. The molecule has 0 aliphatic heterocycles. The molecule has 2 aliphatic carbocycles. The molecule has 0 radical (unpaired) electrons. The first kappa shape index (κ1) is 26.1. The van der Waals surface area contributed by atoms with Crippen LogP contribution in [0.1, 0.15) is 69.2 Å². The maximum absolute atomic E-state index is 13.9. The lowest BCUT2D eigenvalue weighted by molar-refractivity contribution is -0.180. The molecule has 0 saturated heterocycles. The van der Waals surface area contributed by atoms with Gasteiger partial charge in [0.2, 0.25) is 0 Å². The SMILES string of the molecule is COC(=O)[C@@H]1C(C)(C)[C@@]1(C(=O)OC)[C@@]1(C(=O)OC(C)(C)C)[C@H](C(=O)OC(C)(C)C)C1(C)C. The molecule has 0 spiro atoms. The molecule has 32 heavy (non-hydrogen) atoms. The Balaban J connectivity index is 2.83. The lowest BCUT2D eigenvalue weighted by atomic mass is 9.73. The van der Waals surface area contributed by atoms with E-state index < -0.39 is 68.6 Å². The van der Waals surface area contributed by atoms with Gasteiger partial charge in [0.05, 0.1) is 26.1 Å². The van der Waals surface area contributed by atoms with E-state index >= 15 is 0 Å². The Morgan fingerprint density at radius 1 is 0.594 bits per heavy atom. The Morgan fingerprint density at radius 2 is 0.969 bits per heavy atom. The summed E-state index contributed by atoms with van der Waals surface area (Å²) in [4.78, 5) is 53.5. The zero-order chi connectivity index (χ0) is 25.3. The zero-order valence-corrected chi connectivity index (χ0v) is 21.4. The van der Waals surface area contributed by atoms with Gasteiger partial charge in [-0.05, 0) is 52.4 Å². The second kappa shape index (κ2) is 7.19. The fourth-order valence-electron chi connectivity index (χ4n) is 6.02. The number of hydrogen-bond donors (Lipinski definition) is 0. The van der Waals surface area contributed by atoms with Gasteiger partial charge in [-0.15, -0.1) is 0 Å². The van der Waals surface area contributed by atoms with Gasteiger partial charge >= 0.3 is 23.9 Å². The predicted octanol–water partition coefficient (Wildman–Crippen LogP) is 3.30. The topological polar surface area (TPSA) is 105 Å². The summed E-state index contributed by atoms with van der Waals surface area (Å²) in [6, 6.07) is 0. The van der Waals surface area contributed by atoms with Crippen LogP contribution in [0, 0.1) is 33.5 Å². The lowest BCUT2D eigenvalue weighted by Gasteiger charge is -2.33. The Labute approximate surface area is 190 Å². The van der Waals surface area contributed by atoms with Gasteiger partial charge in [0.1, 0.15) is 22.0 Å². The van der Waals surface area contributed by atoms with Gasteiger partial charge in [-0.2, -0.15) is 0 Å². The van der Waals surface area contributed by atoms with Crippen LogP contribution in [0.15, 0.2) is 0 Å². The lowest BCUT2D eigenvalue weighted by Crippen LogP contribution is -2.46. The number of carbonyl (C=O) groups excluding carboxylic acids is 4. The van der Waals surface area contributed by atoms with Gasteiger partial charge in [-0.3, -0.25) is 19.2 Å². The normalized spacial score (nSPS) is 32.4. The molecular formula is C24H38O8. The number of carbonyl (C=O) groups is 4. The summed E-state index contributed by atoms with van der Waals surface area (Å²) in [5, 5.41) is 0. The third-order valence-electron chi connectivity index (χ3n) is 7.11. The van der Waals surface area contributed by atoms with Crippen molar-refractivity contribution in [2.45, 2.75) is 80.4 Å². The maximum atomic E-state index is 13.9. The highest BCUT2D eigenvalue weighted by molar-refractivity contribution is 6.05. The van der Waals surface area contributed by atoms with Crippen LogP contribution in [-0.4, -0.2) is 49.3 Å². The highest BCUT2D eigenvalue weighted by atomic mass is 16.6. The fraction of sp³-hybridized carbons (Fsp3) is 0.833. The van der Waals surface area contributed by atoms with Crippen molar-refractivity contribution in [1.29, 1.82) is 0 Å². The van der Waals surface area contributed by atoms with Gasteiger partial charge < -0.3 is 18.9 Å². The van der Waals surface area contributed by atoms with Crippen molar-refractivity contribution in [2.75, 3.05) is 14.2 Å². The van der Waals surface area contributed by atoms with E-state index in [1.165, 1.54) is 14.2 Å². The molecule has 0 bridgehead atoms. The van der Waals surface area contributed by atoms with E-state index in [1.807, 2.05) is 0 Å². The van der Waals surface area contributed by atoms with Crippen molar-refractivity contribution in [1.82, 2.24) is 0 Å². The quantitative estimate of drug-likeness (QED) is 0.460. The fourth-order valence-corrected chi connectivity index (χ4v) is 6.02. The number of methoxy groups -OCH3 is 2. The van der Waals surface area contributed by atoms with Crippen LogP contribution in [0.2, 0.25) is 0 Å². The van der Waals surface area contributed by atoms with E-state index in [0.29, 0.717) is 0 Å². The molecule has 0 heterocycles. The first-order chi connectivity index (χ1) is 14.2. The van der Waals surface area contributed by atoms with Crippen molar-refractivity contribution < 1.29 is 38.1 Å². The molecule has 0 aromatic heterocycles. The molecular weight excluding hydrogens is 416 g/mol. The molecule has 0 aromatic carbocycles. The van der Waals surface area contributed by atoms with Crippen LogP contribution >= 0.6 is 0 Å². The molecule has 2 fully saturated rings. The molecule has 0 unspecified atom stereocenters. The third kappa shape index (κ3) is 3.24. The van der Waals surface area contributed by atoms with E-state index in [9.17, 15) is 19.2 Å². The number of rotatable bonds is 5. The van der Waals surface area contributed by atoms with Gasteiger partial charge in [0.25, 0.3) is 0 Å². The van der Waals surface area contributed by atoms with Gasteiger partial charge in [-0.25, -0.2) is 0 Å². The van der Waals surface area contributed by atoms with Gasteiger partial charge in [0.15, 0.2) is 0 Å². The van der Waals surface area contributed by atoms with Crippen molar-refractivity contribution in [3.8, 4) is 0 Å².